The highest BCUT2D eigenvalue weighted by atomic mass is 32.1. The molecule has 1 heterocycles. The molecule has 2 N–H and O–H groups in total. The minimum absolute atomic E-state index is 0.0605. The lowest BCUT2D eigenvalue weighted by atomic mass is 10.2. The van der Waals surface area contributed by atoms with Gasteiger partial charge >= 0.3 is 0 Å². The molecular weight excluding hydrogens is 260 g/mol. The SMILES string of the molecule is CCN(C)CCNC(=O)c1cc(C)c(C#CCO)s1. The summed E-state index contributed by atoms with van der Waals surface area (Å²) < 4.78 is 0. The number of hydrogen-bond acceptors (Lipinski definition) is 4. The van der Waals surface area contributed by atoms with Crippen molar-refractivity contribution in [2.75, 3.05) is 33.3 Å². The summed E-state index contributed by atoms with van der Waals surface area (Å²) in [5.41, 5.74) is 0.974. The van der Waals surface area contributed by atoms with Gasteiger partial charge in [-0.1, -0.05) is 18.8 Å². The van der Waals surface area contributed by atoms with Gasteiger partial charge in [0.1, 0.15) is 6.61 Å². The average Bonchev–Trinajstić information content (AvgIpc) is 2.77. The van der Waals surface area contributed by atoms with Crippen LogP contribution in [-0.2, 0) is 0 Å². The summed E-state index contributed by atoms with van der Waals surface area (Å²) in [5, 5.41) is 11.6. The van der Waals surface area contributed by atoms with Gasteiger partial charge in [-0.2, -0.15) is 0 Å². The maximum atomic E-state index is 11.9. The zero-order valence-electron chi connectivity index (χ0n) is 11.6. The molecule has 0 atom stereocenters. The number of aryl methyl sites for hydroxylation is 1. The lowest BCUT2D eigenvalue weighted by molar-refractivity contribution is 0.0954. The summed E-state index contributed by atoms with van der Waals surface area (Å²) in [6, 6.07) is 1.84. The molecule has 19 heavy (non-hydrogen) atoms. The average molecular weight is 280 g/mol. The fourth-order valence-corrected chi connectivity index (χ4v) is 2.41. The van der Waals surface area contributed by atoms with Gasteiger partial charge in [0, 0.05) is 13.1 Å². The zero-order valence-corrected chi connectivity index (χ0v) is 12.4. The number of carbonyl (C=O) groups is 1. The molecule has 0 aromatic carbocycles. The van der Waals surface area contributed by atoms with Crippen LogP contribution < -0.4 is 5.32 Å². The van der Waals surface area contributed by atoms with Crippen LogP contribution in [0.5, 0.6) is 0 Å². The molecule has 0 radical (unpaired) electrons. The summed E-state index contributed by atoms with van der Waals surface area (Å²) in [6.07, 6.45) is 0. The number of nitrogens with zero attached hydrogens (tertiary/aromatic N) is 1. The van der Waals surface area contributed by atoms with Crippen molar-refractivity contribution in [1.29, 1.82) is 0 Å². The number of thiophene rings is 1. The van der Waals surface area contributed by atoms with E-state index in [1.165, 1.54) is 11.3 Å². The van der Waals surface area contributed by atoms with E-state index in [2.05, 4.69) is 29.0 Å². The highest BCUT2D eigenvalue weighted by Crippen LogP contribution is 2.20. The maximum Gasteiger partial charge on any atom is 0.261 e. The normalized spacial score (nSPS) is 10.2. The predicted molar refractivity (Wildman–Crippen MR) is 78.5 cm³/mol. The topological polar surface area (TPSA) is 52.6 Å². The lowest BCUT2D eigenvalue weighted by Gasteiger charge is -2.13. The molecule has 5 heteroatoms. The Morgan fingerprint density at radius 2 is 2.32 bits per heavy atom. The number of hydrogen-bond donors (Lipinski definition) is 2. The molecule has 4 nitrogen and oxygen atoms in total. The van der Waals surface area contributed by atoms with E-state index in [9.17, 15) is 4.79 Å². The van der Waals surface area contributed by atoms with Crippen molar-refractivity contribution < 1.29 is 9.90 Å². The second kappa shape index (κ2) is 7.95. The van der Waals surface area contributed by atoms with Crippen LogP contribution in [0.1, 0.15) is 27.0 Å². The Hall–Kier alpha value is -1.35. The van der Waals surface area contributed by atoms with Crippen LogP contribution in [0, 0.1) is 18.8 Å². The van der Waals surface area contributed by atoms with Gasteiger partial charge in [-0.05, 0) is 32.1 Å². The Balaban J connectivity index is 2.58. The van der Waals surface area contributed by atoms with E-state index in [4.69, 9.17) is 5.11 Å². The van der Waals surface area contributed by atoms with Crippen molar-refractivity contribution >= 4 is 17.2 Å². The van der Waals surface area contributed by atoms with Gasteiger partial charge in [0.05, 0.1) is 9.75 Å². The Morgan fingerprint density at radius 3 is 2.95 bits per heavy atom. The molecule has 0 saturated carbocycles. The van der Waals surface area contributed by atoms with Crippen molar-refractivity contribution in [3.63, 3.8) is 0 Å². The molecule has 0 spiro atoms. The maximum absolute atomic E-state index is 11.9. The minimum atomic E-state index is -0.164. The first kappa shape index (κ1) is 15.7. The van der Waals surface area contributed by atoms with E-state index in [1.807, 2.05) is 20.0 Å². The van der Waals surface area contributed by atoms with Crippen LogP contribution in [0.2, 0.25) is 0 Å². The smallest absolute Gasteiger partial charge is 0.261 e. The number of nitrogens with one attached hydrogen (secondary N) is 1. The first-order chi connectivity index (χ1) is 9.08. The Labute approximate surface area is 118 Å². The van der Waals surface area contributed by atoms with Crippen LogP contribution in [-0.4, -0.2) is 49.2 Å². The fourth-order valence-electron chi connectivity index (χ4n) is 1.44. The third-order valence-electron chi connectivity index (χ3n) is 2.74. The van der Waals surface area contributed by atoms with Gasteiger partial charge in [0.2, 0.25) is 0 Å². The standard InChI is InChI=1S/C14H20N2O2S/c1-4-16(3)8-7-15-14(18)13-10-11(2)12(19-13)6-5-9-17/h10,17H,4,7-9H2,1-3H3,(H,15,18). The monoisotopic (exact) mass is 280 g/mol. The quantitative estimate of drug-likeness (QED) is 0.794. The van der Waals surface area contributed by atoms with Gasteiger partial charge in [-0.3, -0.25) is 4.79 Å². The van der Waals surface area contributed by atoms with E-state index in [0.717, 1.165) is 23.5 Å². The largest absolute Gasteiger partial charge is 0.384 e. The highest BCUT2D eigenvalue weighted by Gasteiger charge is 2.11. The van der Waals surface area contributed by atoms with Crippen molar-refractivity contribution in [2.45, 2.75) is 13.8 Å². The van der Waals surface area contributed by atoms with Crippen molar-refractivity contribution in [1.82, 2.24) is 10.2 Å². The van der Waals surface area contributed by atoms with Crippen LogP contribution in [0.25, 0.3) is 0 Å². The second-order valence-electron chi connectivity index (χ2n) is 4.23. The van der Waals surface area contributed by atoms with E-state index >= 15 is 0 Å². The summed E-state index contributed by atoms with van der Waals surface area (Å²) in [6.45, 7) is 6.27. The number of amides is 1. The van der Waals surface area contributed by atoms with Crippen LogP contribution in [0.15, 0.2) is 6.07 Å². The van der Waals surface area contributed by atoms with Crippen molar-refractivity contribution in [3.05, 3.63) is 21.4 Å². The first-order valence-electron chi connectivity index (χ1n) is 6.25. The summed E-state index contributed by atoms with van der Waals surface area (Å²) in [4.78, 5) is 15.6. The number of aliphatic hydroxyl groups is 1. The third kappa shape index (κ3) is 5.03. The lowest BCUT2D eigenvalue weighted by Crippen LogP contribution is -2.32. The van der Waals surface area contributed by atoms with Crippen LogP contribution in [0.4, 0.5) is 0 Å². The molecule has 0 aliphatic carbocycles. The van der Waals surface area contributed by atoms with Crippen LogP contribution in [0.3, 0.4) is 0 Å². The molecule has 104 valence electrons. The second-order valence-corrected chi connectivity index (χ2v) is 5.29. The molecule has 1 aromatic heterocycles. The highest BCUT2D eigenvalue weighted by molar-refractivity contribution is 7.14. The minimum Gasteiger partial charge on any atom is -0.384 e. The third-order valence-corrected chi connectivity index (χ3v) is 3.89. The van der Waals surface area contributed by atoms with Gasteiger partial charge in [-0.15, -0.1) is 11.3 Å². The number of likely N-dealkylation sites (N-methyl/N-ethyl adjacent to an activating group) is 1. The Morgan fingerprint density at radius 1 is 1.58 bits per heavy atom. The van der Waals surface area contributed by atoms with Gasteiger partial charge in [0.25, 0.3) is 5.91 Å². The predicted octanol–water partition coefficient (Wildman–Crippen LogP) is 1.08. The molecular formula is C14H20N2O2S. The number of carbonyl (C=O) groups excluding carboxylic acids is 1. The van der Waals surface area contributed by atoms with Crippen molar-refractivity contribution in [2.24, 2.45) is 0 Å². The fraction of sp³-hybridized carbons (Fsp3) is 0.500. The molecule has 1 amide bonds. The van der Waals surface area contributed by atoms with E-state index in [1.54, 1.807) is 0 Å². The molecule has 0 unspecified atom stereocenters. The van der Waals surface area contributed by atoms with Gasteiger partial charge < -0.3 is 15.3 Å². The van der Waals surface area contributed by atoms with E-state index < -0.39 is 0 Å². The van der Waals surface area contributed by atoms with Gasteiger partial charge in [-0.25, -0.2) is 0 Å². The van der Waals surface area contributed by atoms with Crippen LogP contribution >= 0.6 is 11.3 Å². The number of rotatable bonds is 5. The van der Waals surface area contributed by atoms with Crippen molar-refractivity contribution in [3.8, 4) is 11.8 Å². The van der Waals surface area contributed by atoms with Gasteiger partial charge in [0.15, 0.2) is 0 Å². The number of aliphatic hydroxyl groups excluding tert-OH is 1. The summed E-state index contributed by atoms with van der Waals surface area (Å²) in [5.74, 6) is 5.39. The summed E-state index contributed by atoms with van der Waals surface area (Å²) in [7, 11) is 2.02. The molecule has 0 fully saturated rings. The molecule has 0 aliphatic heterocycles. The molecule has 0 bridgehead atoms. The molecule has 1 rings (SSSR count). The Kier molecular flexibility index (Phi) is 6.57. The Bertz CT molecular complexity index is 485. The van der Waals surface area contributed by atoms with E-state index in [-0.39, 0.29) is 12.5 Å². The zero-order chi connectivity index (χ0) is 14.3. The molecule has 0 saturated heterocycles. The van der Waals surface area contributed by atoms with E-state index in [0.29, 0.717) is 11.4 Å². The first-order valence-corrected chi connectivity index (χ1v) is 7.07. The summed E-state index contributed by atoms with van der Waals surface area (Å²) >= 11 is 1.36. The molecule has 0 aliphatic rings. The molecule has 1 aromatic rings.